The van der Waals surface area contributed by atoms with E-state index < -0.39 is 0 Å². The van der Waals surface area contributed by atoms with Crippen LogP contribution in [0.4, 0.5) is 5.69 Å². The molecule has 2 aromatic rings. The molecule has 2 heterocycles. The molecule has 1 aliphatic rings. The number of nitrogens with one attached hydrogen (secondary N) is 2. The molecule has 164 valence electrons. The van der Waals surface area contributed by atoms with Crippen LogP contribution in [0.25, 0.3) is 0 Å². The molecule has 1 aromatic heterocycles. The largest absolute Gasteiger partial charge is 0.369 e. The van der Waals surface area contributed by atoms with Crippen molar-refractivity contribution in [1.29, 1.82) is 0 Å². The Morgan fingerprint density at radius 3 is 2.57 bits per heavy atom. The number of guanidine groups is 1. The summed E-state index contributed by atoms with van der Waals surface area (Å²) in [4.78, 5) is 13.7. The van der Waals surface area contributed by atoms with Gasteiger partial charge in [-0.25, -0.2) is 0 Å². The number of unbranched alkanes of at least 4 members (excludes halogenated alkanes) is 1. The number of aryl methyl sites for hydroxylation is 1. The van der Waals surface area contributed by atoms with Crippen LogP contribution in [0.1, 0.15) is 24.1 Å². The smallest absolute Gasteiger partial charge is 0.191 e. The number of nitrogens with zero attached hydrogens (tertiary/aromatic N) is 4. The summed E-state index contributed by atoms with van der Waals surface area (Å²) in [5.74, 6) is 0.836. The molecular formula is C23H35IN6. The molecule has 30 heavy (non-hydrogen) atoms. The molecule has 1 aromatic carbocycles. The highest BCUT2D eigenvalue weighted by molar-refractivity contribution is 14.0. The Labute approximate surface area is 198 Å². The summed E-state index contributed by atoms with van der Waals surface area (Å²) in [6.07, 6.45) is 4.16. The van der Waals surface area contributed by atoms with Gasteiger partial charge in [0.2, 0.25) is 0 Å². The van der Waals surface area contributed by atoms with Gasteiger partial charge in [0.1, 0.15) is 0 Å². The highest BCUT2D eigenvalue weighted by Gasteiger charge is 2.16. The molecule has 3 rings (SSSR count). The molecule has 0 saturated carbocycles. The maximum atomic E-state index is 4.32. The Hall–Kier alpha value is -1.87. The van der Waals surface area contributed by atoms with Gasteiger partial charge in [-0.2, -0.15) is 0 Å². The zero-order valence-corrected chi connectivity index (χ0v) is 20.5. The minimum atomic E-state index is 0. The second-order valence-corrected chi connectivity index (χ2v) is 7.55. The fourth-order valence-corrected chi connectivity index (χ4v) is 3.62. The number of rotatable bonds is 8. The van der Waals surface area contributed by atoms with Gasteiger partial charge >= 0.3 is 0 Å². The van der Waals surface area contributed by atoms with Crippen LogP contribution in [-0.4, -0.2) is 62.2 Å². The summed E-state index contributed by atoms with van der Waals surface area (Å²) in [7, 11) is 1.81. The van der Waals surface area contributed by atoms with Crippen molar-refractivity contribution in [2.45, 2.75) is 26.3 Å². The van der Waals surface area contributed by atoms with Crippen LogP contribution in [-0.2, 0) is 6.54 Å². The van der Waals surface area contributed by atoms with Crippen molar-refractivity contribution in [2.75, 3.05) is 51.2 Å². The van der Waals surface area contributed by atoms with Gasteiger partial charge in [-0.1, -0.05) is 18.2 Å². The summed E-state index contributed by atoms with van der Waals surface area (Å²) in [6.45, 7) is 9.48. The first kappa shape index (κ1) is 24.4. The van der Waals surface area contributed by atoms with Crippen LogP contribution in [0.2, 0.25) is 0 Å². The van der Waals surface area contributed by atoms with E-state index in [0.717, 1.165) is 50.8 Å². The van der Waals surface area contributed by atoms with Crippen LogP contribution in [0.5, 0.6) is 0 Å². The van der Waals surface area contributed by atoms with Crippen LogP contribution >= 0.6 is 24.0 Å². The number of aromatic nitrogens is 1. The lowest BCUT2D eigenvalue weighted by atomic mass is 10.2. The predicted octanol–water partition coefficient (Wildman–Crippen LogP) is 3.28. The minimum Gasteiger partial charge on any atom is -0.369 e. The average Bonchev–Trinajstić information content (AvgIpc) is 2.77. The molecule has 1 saturated heterocycles. The van der Waals surface area contributed by atoms with Crippen molar-refractivity contribution in [2.24, 2.45) is 4.99 Å². The lowest BCUT2D eigenvalue weighted by molar-refractivity contribution is 0.253. The fourth-order valence-electron chi connectivity index (χ4n) is 3.62. The van der Waals surface area contributed by atoms with Crippen molar-refractivity contribution in [3.05, 3.63) is 59.9 Å². The van der Waals surface area contributed by atoms with E-state index in [1.165, 1.54) is 24.2 Å². The first-order valence-electron chi connectivity index (χ1n) is 10.6. The van der Waals surface area contributed by atoms with Crippen LogP contribution < -0.4 is 15.5 Å². The minimum absolute atomic E-state index is 0. The van der Waals surface area contributed by atoms with E-state index in [-0.39, 0.29) is 24.0 Å². The van der Waals surface area contributed by atoms with Gasteiger partial charge in [0, 0.05) is 51.7 Å². The number of piperazine rings is 1. The predicted molar refractivity (Wildman–Crippen MR) is 137 cm³/mol. The molecule has 0 atom stereocenters. The maximum absolute atomic E-state index is 4.32. The van der Waals surface area contributed by atoms with Crippen molar-refractivity contribution < 1.29 is 0 Å². The van der Waals surface area contributed by atoms with Gasteiger partial charge in [0.15, 0.2) is 5.96 Å². The average molecular weight is 522 g/mol. The first-order valence-corrected chi connectivity index (χ1v) is 10.6. The Balaban J connectivity index is 0.00000320. The van der Waals surface area contributed by atoms with Crippen molar-refractivity contribution in [3.63, 3.8) is 0 Å². The molecule has 0 radical (unpaired) electrons. The molecular weight excluding hydrogens is 487 g/mol. The van der Waals surface area contributed by atoms with Crippen molar-refractivity contribution in [3.8, 4) is 0 Å². The second kappa shape index (κ2) is 13.4. The quantitative estimate of drug-likeness (QED) is 0.241. The van der Waals surface area contributed by atoms with E-state index in [1.807, 2.05) is 31.4 Å². The van der Waals surface area contributed by atoms with E-state index in [4.69, 9.17) is 0 Å². The molecule has 1 aliphatic heterocycles. The molecule has 7 heteroatoms. The van der Waals surface area contributed by atoms with Crippen LogP contribution in [0.3, 0.4) is 0 Å². The molecule has 0 amide bonds. The van der Waals surface area contributed by atoms with E-state index in [9.17, 15) is 0 Å². The number of halogens is 1. The number of anilines is 1. The summed E-state index contributed by atoms with van der Waals surface area (Å²) >= 11 is 0. The number of pyridine rings is 1. The maximum Gasteiger partial charge on any atom is 0.191 e. The van der Waals surface area contributed by atoms with Gasteiger partial charge in [0.25, 0.3) is 0 Å². The third-order valence-corrected chi connectivity index (χ3v) is 5.32. The van der Waals surface area contributed by atoms with Gasteiger partial charge in [0.05, 0.1) is 12.2 Å². The number of benzene rings is 1. The first-order chi connectivity index (χ1) is 14.2. The fraction of sp³-hybridized carbons (Fsp3) is 0.478. The Kier molecular flexibility index (Phi) is 10.9. The van der Waals surface area contributed by atoms with E-state index in [1.54, 1.807) is 0 Å². The monoisotopic (exact) mass is 522 g/mol. The highest BCUT2D eigenvalue weighted by Crippen LogP contribution is 2.17. The second-order valence-electron chi connectivity index (χ2n) is 7.55. The van der Waals surface area contributed by atoms with Crippen molar-refractivity contribution in [1.82, 2.24) is 20.5 Å². The number of hydrogen-bond acceptors (Lipinski definition) is 4. The Bertz CT molecular complexity index is 759. The summed E-state index contributed by atoms with van der Waals surface area (Å²) in [6, 6.07) is 14.8. The highest BCUT2D eigenvalue weighted by atomic mass is 127. The van der Waals surface area contributed by atoms with Crippen LogP contribution in [0.15, 0.2) is 53.7 Å². The summed E-state index contributed by atoms with van der Waals surface area (Å²) in [5.41, 5.74) is 3.71. The van der Waals surface area contributed by atoms with Gasteiger partial charge in [-0.05, 0) is 56.1 Å². The summed E-state index contributed by atoms with van der Waals surface area (Å²) in [5, 5.41) is 6.71. The van der Waals surface area contributed by atoms with Gasteiger partial charge in [-0.3, -0.25) is 14.9 Å². The van der Waals surface area contributed by atoms with E-state index >= 15 is 0 Å². The van der Waals surface area contributed by atoms with E-state index in [2.05, 4.69) is 61.6 Å². The van der Waals surface area contributed by atoms with Crippen LogP contribution in [0, 0.1) is 6.92 Å². The SMILES string of the molecule is CN=C(NCCCCN1CCN(c2cccc(C)c2)CC1)NCc1ccccn1.I. The molecule has 1 fully saturated rings. The lowest BCUT2D eigenvalue weighted by Gasteiger charge is -2.36. The normalized spacial score (nSPS) is 14.9. The van der Waals surface area contributed by atoms with Crippen molar-refractivity contribution >= 4 is 35.6 Å². The van der Waals surface area contributed by atoms with Gasteiger partial charge < -0.3 is 15.5 Å². The standard InChI is InChI=1S/C23H34N6.HI/c1-20-8-7-10-22(18-20)29-16-14-28(15-17-29)13-6-5-12-26-23(24-2)27-19-21-9-3-4-11-25-21;/h3-4,7-11,18H,5-6,12-17,19H2,1-2H3,(H2,24,26,27);1H. The molecule has 0 unspecified atom stereocenters. The third kappa shape index (κ3) is 8.10. The zero-order valence-electron chi connectivity index (χ0n) is 18.2. The molecule has 0 spiro atoms. The molecule has 2 N–H and O–H groups in total. The summed E-state index contributed by atoms with van der Waals surface area (Å²) < 4.78 is 0. The number of hydrogen-bond donors (Lipinski definition) is 2. The van der Waals surface area contributed by atoms with E-state index in [0.29, 0.717) is 6.54 Å². The zero-order chi connectivity index (χ0) is 20.3. The molecule has 0 aliphatic carbocycles. The number of aliphatic imine (C=N–C) groups is 1. The third-order valence-electron chi connectivity index (χ3n) is 5.32. The molecule has 0 bridgehead atoms. The topological polar surface area (TPSA) is 55.8 Å². The lowest BCUT2D eigenvalue weighted by Crippen LogP contribution is -2.46. The Morgan fingerprint density at radius 1 is 1.03 bits per heavy atom. The van der Waals surface area contributed by atoms with Gasteiger partial charge in [-0.15, -0.1) is 24.0 Å². The molecule has 6 nitrogen and oxygen atoms in total. The Morgan fingerprint density at radius 2 is 1.87 bits per heavy atom.